The maximum atomic E-state index is 11.6. The molecule has 158 valence electrons. The largest absolute Gasteiger partial charge is 0.748 e. The number of hydrogen-bond donors (Lipinski definition) is 1. The first kappa shape index (κ1) is 26.0. The maximum absolute atomic E-state index is 11.6. The predicted octanol–water partition coefficient (Wildman–Crippen LogP) is 6.80. The Morgan fingerprint density at radius 1 is 0.741 bits per heavy atom. The minimum absolute atomic E-state index is 0. The maximum Gasteiger partial charge on any atom is 0.281 e. The van der Waals surface area contributed by atoms with Gasteiger partial charge in [-0.3, -0.25) is 4.79 Å². The monoisotopic (exact) mass is 430 g/mol. The summed E-state index contributed by atoms with van der Waals surface area (Å²) in [5.41, 5.74) is 0.660. The standard InChI is InChI=1S/C18H29O2S.C5H5.Fe/c19-18(17-13-9-10-14-17)20-15-11-7-5-3-1-2-4-6-8-12-16-21;1-2-4-5-3-1;/h9-10,13-14,21H,1-8,11-12,15-16H2;1-5H;/q-1;-5;. The van der Waals surface area contributed by atoms with Crippen molar-refractivity contribution in [2.45, 2.75) is 64.2 Å². The summed E-state index contributed by atoms with van der Waals surface area (Å²) < 4.78 is 5.22. The van der Waals surface area contributed by atoms with E-state index in [1.54, 1.807) is 12.1 Å². The van der Waals surface area contributed by atoms with E-state index >= 15 is 0 Å². The third-order valence-corrected chi connectivity index (χ3v) is 4.56. The van der Waals surface area contributed by atoms with Crippen LogP contribution in [0.25, 0.3) is 0 Å². The van der Waals surface area contributed by atoms with Crippen LogP contribution in [0, 0.1) is 0 Å². The van der Waals surface area contributed by atoms with Crippen LogP contribution in [0.1, 0.15) is 74.6 Å². The molecule has 27 heavy (non-hydrogen) atoms. The minimum atomic E-state index is -0.193. The minimum Gasteiger partial charge on any atom is -0.748 e. The van der Waals surface area contributed by atoms with E-state index in [1.807, 2.05) is 42.5 Å². The van der Waals surface area contributed by atoms with Crippen molar-refractivity contribution >= 4 is 18.6 Å². The van der Waals surface area contributed by atoms with Gasteiger partial charge in [-0.25, -0.2) is 12.1 Å². The van der Waals surface area contributed by atoms with Gasteiger partial charge in [0.25, 0.3) is 5.97 Å². The fourth-order valence-corrected chi connectivity index (χ4v) is 2.93. The van der Waals surface area contributed by atoms with Gasteiger partial charge in [-0.15, -0.1) is 0 Å². The first-order valence-corrected chi connectivity index (χ1v) is 10.6. The summed E-state index contributed by atoms with van der Waals surface area (Å²) in [5.74, 6) is 0.831. The van der Waals surface area contributed by atoms with Gasteiger partial charge in [0.2, 0.25) is 0 Å². The van der Waals surface area contributed by atoms with Crippen LogP contribution >= 0.6 is 12.6 Å². The number of unbranched alkanes of at least 4 members (excludes halogenated alkanes) is 9. The zero-order valence-corrected chi connectivity index (χ0v) is 18.3. The zero-order chi connectivity index (χ0) is 18.7. The van der Waals surface area contributed by atoms with Gasteiger partial charge in [0.1, 0.15) is 0 Å². The molecule has 0 unspecified atom stereocenters. The second kappa shape index (κ2) is 19.8. The molecule has 0 saturated heterocycles. The van der Waals surface area contributed by atoms with Crippen LogP contribution in [-0.4, -0.2) is 18.3 Å². The van der Waals surface area contributed by atoms with Crippen molar-refractivity contribution in [1.82, 2.24) is 0 Å². The van der Waals surface area contributed by atoms with Gasteiger partial charge >= 0.3 is 0 Å². The zero-order valence-electron chi connectivity index (χ0n) is 16.3. The topological polar surface area (TPSA) is 26.3 Å². The summed E-state index contributed by atoms with van der Waals surface area (Å²) in [6.45, 7) is 0.549. The van der Waals surface area contributed by atoms with Gasteiger partial charge in [-0.1, -0.05) is 56.9 Å². The van der Waals surface area contributed by atoms with Crippen molar-refractivity contribution in [2.75, 3.05) is 12.4 Å². The molecule has 2 aromatic carbocycles. The molecular formula is C23H34FeO2S-6. The van der Waals surface area contributed by atoms with E-state index in [2.05, 4.69) is 12.6 Å². The van der Waals surface area contributed by atoms with Crippen molar-refractivity contribution in [3.8, 4) is 0 Å². The van der Waals surface area contributed by atoms with E-state index in [0.717, 1.165) is 18.6 Å². The van der Waals surface area contributed by atoms with E-state index in [9.17, 15) is 4.79 Å². The first-order chi connectivity index (χ1) is 12.8. The van der Waals surface area contributed by atoms with Crippen LogP contribution in [0.5, 0.6) is 0 Å². The third kappa shape index (κ3) is 15.8. The van der Waals surface area contributed by atoms with Crippen LogP contribution < -0.4 is 0 Å². The fraction of sp³-hybridized carbons (Fsp3) is 0.522. The molecule has 0 aliphatic carbocycles. The molecule has 0 fully saturated rings. The number of esters is 1. The van der Waals surface area contributed by atoms with Gasteiger partial charge in [-0.05, 0) is 18.6 Å². The molecule has 4 heteroatoms. The van der Waals surface area contributed by atoms with E-state index in [1.165, 1.54) is 51.4 Å². The van der Waals surface area contributed by atoms with Crippen LogP contribution in [0.15, 0.2) is 54.6 Å². The van der Waals surface area contributed by atoms with Gasteiger partial charge in [0, 0.05) is 17.1 Å². The molecule has 2 nitrogen and oxygen atoms in total. The third-order valence-electron chi connectivity index (χ3n) is 4.24. The number of hydrogen-bond acceptors (Lipinski definition) is 3. The Hall–Kier alpha value is -0.961. The van der Waals surface area contributed by atoms with Crippen molar-refractivity contribution < 1.29 is 26.6 Å². The molecule has 0 saturated carbocycles. The molecule has 0 spiro atoms. The molecule has 0 aliphatic rings. The Labute approximate surface area is 181 Å². The molecule has 0 N–H and O–H groups in total. The van der Waals surface area contributed by atoms with Crippen LogP contribution in [0.4, 0.5) is 0 Å². The van der Waals surface area contributed by atoms with E-state index in [0.29, 0.717) is 12.2 Å². The quantitative estimate of drug-likeness (QED) is 0.124. The first-order valence-electron chi connectivity index (χ1n) is 10.0. The Balaban J connectivity index is 0.000000969. The van der Waals surface area contributed by atoms with Crippen LogP contribution in [0.3, 0.4) is 0 Å². The summed E-state index contributed by atoms with van der Waals surface area (Å²) in [7, 11) is 0. The molecule has 2 aromatic rings. The van der Waals surface area contributed by atoms with Crippen molar-refractivity contribution in [3.63, 3.8) is 0 Å². The summed E-state index contributed by atoms with van der Waals surface area (Å²) in [6, 6.07) is 17.3. The van der Waals surface area contributed by atoms with Crippen LogP contribution in [-0.2, 0) is 21.8 Å². The van der Waals surface area contributed by atoms with Crippen LogP contribution in [0.2, 0.25) is 0 Å². The normalized spacial score (nSPS) is 9.81. The Kier molecular flexibility index (Phi) is 19.1. The van der Waals surface area contributed by atoms with E-state index < -0.39 is 0 Å². The average molecular weight is 430 g/mol. The average Bonchev–Trinajstić information content (AvgIpc) is 3.38. The molecular weight excluding hydrogens is 396 g/mol. The molecule has 0 radical (unpaired) electrons. The molecule has 0 heterocycles. The molecule has 2 rings (SSSR count). The predicted molar refractivity (Wildman–Crippen MR) is 114 cm³/mol. The van der Waals surface area contributed by atoms with Gasteiger partial charge in [0.15, 0.2) is 0 Å². The number of carbonyl (C=O) groups is 1. The summed E-state index contributed by atoms with van der Waals surface area (Å²) in [5, 5.41) is 0. The number of ether oxygens (including phenoxy) is 1. The number of rotatable bonds is 13. The summed E-state index contributed by atoms with van der Waals surface area (Å²) >= 11 is 4.22. The molecule has 0 amide bonds. The van der Waals surface area contributed by atoms with Crippen molar-refractivity contribution in [2.24, 2.45) is 0 Å². The SMILES string of the molecule is O=C(OCCCCCCCCCCCCS)[c-]1cccc1.[Fe].[cH-]1[cH-][cH-][cH-][cH-]1. The molecule has 0 bridgehead atoms. The summed E-state index contributed by atoms with van der Waals surface area (Å²) in [4.78, 5) is 11.6. The molecule has 0 aliphatic heterocycles. The van der Waals surface area contributed by atoms with Crippen molar-refractivity contribution in [1.29, 1.82) is 0 Å². The Morgan fingerprint density at radius 2 is 1.15 bits per heavy atom. The number of thiol groups is 1. The Bertz CT molecular complexity index is 491. The molecule has 0 atom stereocenters. The second-order valence-corrected chi connectivity index (χ2v) is 6.98. The van der Waals surface area contributed by atoms with E-state index in [4.69, 9.17) is 4.74 Å². The smallest absolute Gasteiger partial charge is 0.281 e. The summed E-state index contributed by atoms with van der Waals surface area (Å²) in [6.07, 6.45) is 12.7. The van der Waals surface area contributed by atoms with E-state index in [-0.39, 0.29) is 23.0 Å². The molecule has 0 aromatic heterocycles. The second-order valence-electron chi connectivity index (χ2n) is 6.53. The van der Waals surface area contributed by atoms with Gasteiger partial charge < -0.3 is 35.1 Å². The fourth-order valence-electron chi connectivity index (χ4n) is 2.71. The van der Waals surface area contributed by atoms with Gasteiger partial charge in [0.05, 0.1) is 6.61 Å². The Morgan fingerprint density at radius 3 is 1.59 bits per heavy atom. The van der Waals surface area contributed by atoms with Gasteiger partial charge in [-0.2, -0.15) is 24.8 Å². The van der Waals surface area contributed by atoms with Crippen molar-refractivity contribution in [3.05, 3.63) is 60.2 Å². The number of carbonyl (C=O) groups excluding carboxylic acids is 1.